The maximum absolute atomic E-state index is 3.82. The average Bonchev–Trinajstić information content (AvgIpc) is 2.71. The lowest BCUT2D eigenvalue weighted by atomic mass is 10.1. The van der Waals surface area contributed by atoms with Gasteiger partial charge in [0.25, 0.3) is 0 Å². The molecule has 0 fully saturated rings. The van der Waals surface area contributed by atoms with E-state index in [9.17, 15) is 0 Å². The number of allylic oxidation sites excluding steroid dienone is 1. The summed E-state index contributed by atoms with van der Waals surface area (Å²) >= 11 is 0. The number of nitrogens with zero attached hydrogens (tertiary/aromatic N) is 1. The first kappa shape index (κ1) is 27.7. The lowest BCUT2D eigenvalue weighted by Crippen LogP contribution is -2.27. The topological polar surface area (TPSA) is 3.24 Å². The van der Waals surface area contributed by atoms with Gasteiger partial charge in [-0.15, -0.1) is 6.58 Å². The molecule has 0 aromatic rings. The van der Waals surface area contributed by atoms with Gasteiger partial charge in [-0.1, -0.05) is 116 Å². The first-order valence-electron chi connectivity index (χ1n) is 13.2. The van der Waals surface area contributed by atoms with E-state index in [2.05, 4.69) is 31.4 Å². The van der Waals surface area contributed by atoms with E-state index in [1.54, 1.807) is 0 Å². The third kappa shape index (κ3) is 22.0. The Balaban J connectivity index is 3.81. The summed E-state index contributed by atoms with van der Waals surface area (Å²) in [6.07, 6.45) is 30.2. The Kier molecular flexibility index (Phi) is 24.5. The molecule has 0 radical (unpaired) electrons. The number of hydrogen-bond donors (Lipinski definition) is 0. The molecule has 0 atom stereocenters. The second-order valence-corrected chi connectivity index (χ2v) is 8.93. The van der Waals surface area contributed by atoms with Crippen molar-refractivity contribution in [3.05, 3.63) is 12.7 Å². The molecule has 0 spiro atoms. The van der Waals surface area contributed by atoms with Crippen LogP contribution in [0.2, 0.25) is 0 Å². The molecule has 0 unspecified atom stereocenters. The first-order chi connectivity index (χ1) is 13.8. The number of unbranched alkanes of at least 4 members (excludes halogenated alkanes) is 17. The largest absolute Gasteiger partial charge is 0.303 e. The van der Waals surface area contributed by atoms with Crippen molar-refractivity contribution in [1.29, 1.82) is 0 Å². The minimum absolute atomic E-state index is 1.20. The molecule has 0 N–H and O–H groups in total. The van der Waals surface area contributed by atoms with E-state index in [-0.39, 0.29) is 0 Å². The van der Waals surface area contributed by atoms with Gasteiger partial charge in [0, 0.05) is 0 Å². The van der Waals surface area contributed by atoms with Gasteiger partial charge in [-0.05, 0) is 51.7 Å². The van der Waals surface area contributed by atoms with Crippen LogP contribution in [0.25, 0.3) is 0 Å². The quantitative estimate of drug-likeness (QED) is 0.117. The maximum atomic E-state index is 3.82. The second kappa shape index (κ2) is 24.7. The van der Waals surface area contributed by atoms with Crippen LogP contribution in [0.4, 0.5) is 0 Å². The van der Waals surface area contributed by atoms with Crippen molar-refractivity contribution in [1.82, 2.24) is 4.90 Å². The SMILES string of the molecule is C=CCCCCCCCN(CCCCCCCCC)CCCCCCCCC. The summed E-state index contributed by atoms with van der Waals surface area (Å²) in [5.74, 6) is 0. The molecule has 0 saturated carbocycles. The maximum Gasteiger partial charge on any atom is -0.00187 e. The van der Waals surface area contributed by atoms with Crippen LogP contribution in [0.3, 0.4) is 0 Å². The van der Waals surface area contributed by atoms with Crippen LogP contribution in [-0.2, 0) is 0 Å². The third-order valence-corrected chi connectivity index (χ3v) is 6.04. The Labute approximate surface area is 179 Å². The van der Waals surface area contributed by atoms with Crippen molar-refractivity contribution in [2.24, 2.45) is 0 Å². The molecule has 1 nitrogen and oxygen atoms in total. The molecule has 0 heterocycles. The summed E-state index contributed by atoms with van der Waals surface area (Å²) in [4.78, 5) is 2.79. The van der Waals surface area contributed by atoms with Gasteiger partial charge in [0.05, 0.1) is 0 Å². The monoisotopic (exact) mass is 393 g/mol. The normalized spacial score (nSPS) is 11.4. The summed E-state index contributed by atoms with van der Waals surface area (Å²) < 4.78 is 0. The summed E-state index contributed by atoms with van der Waals surface area (Å²) in [6.45, 7) is 12.5. The molecule has 0 rings (SSSR count). The highest BCUT2D eigenvalue weighted by atomic mass is 15.1. The van der Waals surface area contributed by atoms with Crippen LogP contribution in [0.5, 0.6) is 0 Å². The van der Waals surface area contributed by atoms with E-state index in [0.29, 0.717) is 0 Å². The Morgan fingerprint density at radius 3 is 1.14 bits per heavy atom. The highest BCUT2D eigenvalue weighted by molar-refractivity contribution is 4.65. The smallest absolute Gasteiger partial charge is 0.00187 e. The fraction of sp³-hybridized carbons (Fsp3) is 0.926. The van der Waals surface area contributed by atoms with Gasteiger partial charge in [0.1, 0.15) is 0 Å². The minimum Gasteiger partial charge on any atom is -0.303 e. The first-order valence-corrected chi connectivity index (χ1v) is 13.2. The van der Waals surface area contributed by atoms with Crippen LogP contribution in [-0.4, -0.2) is 24.5 Å². The van der Waals surface area contributed by atoms with Gasteiger partial charge < -0.3 is 4.90 Å². The summed E-state index contributed by atoms with van der Waals surface area (Å²) in [6, 6.07) is 0. The zero-order chi connectivity index (χ0) is 20.5. The standard InChI is InChI=1S/C27H55N/c1-4-7-10-13-16-19-22-25-28(26-23-20-17-14-11-8-5-2)27-24-21-18-15-12-9-6-3/h4H,1,5-27H2,2-3H3. The lowest BCUT2D eigenvalue weighted by molar-refractivity contribution is 0.254. The molecule has 0 aliphatic heterocycles. The predicted molar refractivity (Wildman–Crippen MR) is 130 cm³/mol. The number of hydrogen-bond acceptors (Lipinski definition) is 1. The van der Waals surface area contributed by atoms with Gasteiger partial charge in [-0.25, -0.2) is 0 Å². The fourth-order valence-electron chi connectivity index (χ4n) is 4.07. The molecule has 0 aromatic heterocycles. The minimum atomic E-state index is 1.20. The molecule has 1 heteroatoms. The zero-order valence-corrected chi connectivity index (χ0v) is 20.0. The molecule has 0 aromatic carbocycles. The van der Waals surface area contributed by atoms with Crippen LogP contribution in [0.1, 0.15) is 142 Å². The Morgan fingerprint density at radius 2 is 0.786 bits per heavy atom. The zero-order valence-electron chi connectivity index (χ0n) is 20.0. The third-order valence-electron chi connectivity index (χ3n) is 6.04. The van der Waals surface area contributed by atoms with E-state index in [1.807, 2.05) is 0 Å². The summed E-state index contributed by atoms with van der Waals surface area (Å²) in [5.41, 5.74) is 0. The molecule has 0 saturated heterocycles. The van der Waals surface area contributed by atoms with Gasteiger partial charge in [-0.3, -0.25) is 0 Å². The molecule has 0 bridgehead atoms. The van der Waals surface area contributed by atoms with E-state index in [0.717, 1.165) is 0 Å². The van der Waals surface area contributed by atoms with Crippen molar-refractivity contribution >= 4 is 0 Å². The summed E-state index contributed by atoms with van der Waals surface area (Å²) in [7, 11) is 0. The lowest BCUT2D eigenvalue weighted by Gasteiger charge is -2.22. The molecular formula is C27H55N. The molecular weight excluding hydrogens is 338 g/mol. The summed E-state index contributed by atoms with van der Waals surface area (Å²) in [5, 5.41) is 0. The Morgan fingerprint density at radius 1 is 0.464 bits per heavy atom. The van der Waals surface area contributed by atoms with Gasteiger partial charge in [0.2, 0.25) is 0 Å². The number of rotatable bonds is 24. The molecule has 0 aliphatic rings. The van der Waals surface area contributed by atoms with Gasteiger partial charge in [0.15, 0.2) is 0 Å². The molecule has 28 heavy (non-hydrogen) atoms. The van der Waals surface area contributed by atoms with Gasteiger partial charge in [-0.2, -0.15) is 0 Å². The van der Waals surface area contributed by atoms with Crippen molar-refractivity contribution in [3.8, 4) is 0 Å². The van der Waals surface area contributed by atoms with Crippen LogP contribution >= 0.6 is 0 Å². The second-order valence-electron chi connectivity index (χ2n) is 8.93. The van der Waals surface area contributed by atoms with Crippen molar-refractivity contribution in [2.45, 2.75) is 142 Å². The molecule has 0 amide bonds. The highest BCUT2D eigenvalue weighted by Gasteiger charge is 2.05. The van der Waals surface area contributed by atoms with E-state index < -0.39 is 0 Å². The Hall–Kier alpha value is -0.300. The van der Waals surface area contributed by atoms with Crippen LogP contribution in [0.15, 0.2) is 12.7 Å². The van der Waals surface area contributed by atoms with Crippen LogP contribution in [0, 0.1) is 0 Å². The van der Waals surface area contributed by atoms with Gasteiger partial charge >= 0.3 is 0 Å². The fourth-order valence-corrected chi connectivity index (χ4v) is 4.07. The molecule has 0 aliphatic carbocycles. The highest BCUT2D eigenvalue weighted by Crippen LogP contribution is 2.12. The Bertz CT molecular complexity index is 268. The van der Waals surface area contributed by atoms with E-state index in [4.69, 9.17) is 0 Å². The average molecular weight is 394 g/mol. The van der Waals surface area contributed by atoms with E-state index >= 15 is 0 Å². The van der Waals surface area contributed by atoms with Crippen LogP contribution < -0.4 is 0 Å². The van der Waals surface area contributed by atoms with Crippen molar-refractivity contribution in [3.63, 3.8) is 0 Å². The predicted octanol–water partition coefficient (Wildman–Crippen LogP) is 9.32. The van der Waals surface area contributed by atoms with Crippen molar-refractivity contribution in [2.75, 3.05) is 19.6 Å². The van der Waals surface area contributed by atoms with E-state index in [1.165, 1.54) is 148 Å². The molecule has 168 valence electrons. The van der Waals surface area contributed by atoms with Crippen molar-refractivity contribution < 1.29 is 0 Å².